The lowest BCUT2D eigenvalue weighted by Crippen LogP contribution is -2.04. The van der Waals surface area contributed by atoms with E-state index in [-0.39, 0.29) is 0 Å². The van der Waals surface area contributed by atoms with Crippen molar-refractivity contribution in [3.8, 4) is 5.82 Å². The molecule has 0 radical (unpaired) electrons. The first kappa shape index (κ1) is 9.77. The molecule has 1 aromatic carbocycles. The zero-order chi connectivity index (χ0) is 11.8. The number of aryl methyl sites for hydroxylation is 1. The molecule has 0 atom stereocenters. The quantitative estimate of drug-likeness (QED) is 0.684. The summed E-state index contributed by atoms with van der Waals surface area (Å²) in [6.07, 6.45) is 1.78. The van der Waals surface area contributed by atoms with Crippen molar-refractivity contribution >= 4 is 16.9 Å². The van der Waals surface area contributed by atoms with Crippen LogP contribution >= 0.6 is 0 Å². The molecule has 0 bridgehead atoms. The van der Waals surface area contributed by atoms with Crippen molar-refractivity contribution in [1.82, 2.24) is 19.7 Å². The van der Waals surface area contributed by atoms with E-state index in [1.165, 1.54) is 0 Å². The van der Waals surface area contributed by atoms with Crippen LogP contribution in [-0.4, -0.2) is 19.7 Å². The summed E-state index contributed by atoms with van der Waals surface area (Å²) in [5, 5.41) is 4.14. The van der Waals surface area contributed by atoms with Crippen molar-refractivity contribution < 1.29 is 0 Å². The number of nitrogens with two attached hydrogens (primary N) is 1. The van der Waals surface area contributed by atoms with Crippen molar-refractivity contribution in [1.29, 1.82) is 0 Å². The van der Waals surface area contributed by atoms with Gasteiger partial charge in [0.05, 0.1) is 16.7 Å². The number of nitrogen functional groups attached to an aromatic ring is 1. The summed E-state index contributed by atoms with van der Waals surface area (Å²) in [6, 6.07) is 9.49. The molecule has 2 aromatic heterocycles. The van der Waals surface area contributed by atoms with Crippen LogP contribution in [-0.2, 0) is 0 Å². The maximum absolute atomic E-state index is 5.60. The van der Waals surface area contributed by atoms with Crippen molar-refractivity contribution in [3.05, 3.63) is 42.2 Å². The van der Waals surface area contributed by atoms with Crippen LogP contribution in [0.25, 0.3) is 16.9 Å². The second kappa shape index (κ2) is 3.55. The van der Waals surface area contributed by atoms with Gasteiger partial charge in [-0.05, 0) is 19.1 Å². The van der Waals surface area contributed by atoms with E-state index in [2.05, 4.69) is 15.1 Å². The Morgan fingerprint density at radius 1 is 1.06 bits per heavy atom. The number of para-hydroxylation sites is 2. The van der Waals surface area contributed by atoms with Crippen molar-refractivity contribution in [3.63, 3.8) is 0 Å². The van der Waals surface area contributed by atoms with Crippen LogP contribution in [0.3, 0.4) is 0 Å². The fourth-order valence-corrected chi connectivity index (χ4v) is 1.75. The fourth-order valence-electron chi connectivity index (χ4n) is 1.75. The Labute approximate surface area is 97.9 Å². The molecule has 0 amide bonds. The molecule has 0 saturated carbocycles. The largest absolute Gasteiger partial charge is 0.382 e. The highest BCUT2D eigenvalue weighted by Crippen LogP contribution is 2.15. The van der Waals surface area contributed by atoms with Gasteiger partial charge >= 0.3 is 0 Å². The van der Waals surface area contributed by atoms with E-state index < -0.39 is 0 Å². The summed E-state index contributed by atoms with van der Waals surface area (Å²) in [6.45, 7) is 1.91. The van der Waals surface area contributed by atoms with Crippen LogP contribution in [0.15, 0.2) is 36.5 Å². The van der Waals surface area contributed by atoms with E-state index in [4.69, 9.17) is 5.73 Å². The molecule has 0 aliphatic rings. The molecule has 3 aromatic rings. The van der Waals surface area contributed by atoms with Gasteiger partial charge in [-0.3, -0.25) is 0 Å². The molecular formula is C12H11N5. The first-order chi connectivity index (χ1) is 8.24. The normalized spacial score (nSPS) is 10.9. The summed E-state index contributed by atoms with van der Waals surface area (Å²) in [5.41, 5.74) is 8.16. The third-order valence-electron chi connectivity index (χ3n) is 2.55. The predicted molar refractivity (Wildman–Crippen MR) is 65.8 cm³/mol. The minimum Gasteiger partial charge on any atom is -0.382 e. The van der Waals surface area contributed by atoms with Gasteiger partial charge in [0.25, 0.3) is 0 Å². The van der Waals surface area contributed by atoms with Gasteiger partial charge in [-0.1, -0.05) is 12.1 Å². The summed E-state index contributed by atoms with van der Waals surface area (Å²) in [5.74, 6) is 1.18. The van der Waals surface area contributed by atoms with Gasteiger partial charge in [-0.2, -0.15) is 0 Å². The SMILES string of the molecule is Cc1nc2ccccc2nc1-n1ccc(N)n1. The van der Waals surface area contributed by atoms with Crippen LogP contribution < -0.4 is 5.73 Å². The molecule has 0 spiro atoms. The number of benzene rings is 1. The lowest BCUT2D eigenvalue weighted by Gasteiger charge is -2.05. The van der Waals surface area contributed by atoms with Crippen LogP contribution in [0, 0.1) is 6.92 Å². The van der Waals surface area contributed by atoms with E-state index in [1.54, 1.807) is 16.9 Å². The van der Waals surface area contributed by atoms with Gasteiger partial charge in [0.15, 0.2) is 5.82 Å². The van der Waals surface area contributed by atoms with E-state index in [0.29, 0.717) is 11.6 Å². The molecule has 5 nitrogen and oxygen atoms in total. The minimum atomic E-state index is 0.472. The van der Waals surface area contributed by atoms with E-state index in [0.717, 1.165) is 16.7 Å². The number of fused-ring (bicyclic) bond motifs is 1. The standard InChI is InChI=1S/C12H11N5/c1-8-12(17-7-6-11(13)16-17)15-10-5-3-2-4-9(10)14-8/h2-7H,1H3,(H2,13,16). The van der Waals surface area contributed by atoms with Gasteiger partial charge in [0.2, 0.25) is 0 Å². The molecule has 3 rings (SSSR count). The molecule has 5 heteroatoms. The monoisotopic (exact) mass is 225 g/mol. The highest BCUT2D eigenvalue weighted by molar-refractivity contribution is 5.75. The van der Waals surface area contributed by atoms with Crippen LogP contribution in [0.5, 0.6) is 0 Å². The Balaban J connectivity index is 2.26. The molecule has 0 aliphatic heterocycles. The Kier molecular flexibility index (Phi) is 2.04. The molecule has 0 aliphatic carbocycles. The van der Waals surface area contributed by atoms with E-state index in [9.17, 15) is 0 Å². The topological polar surface area (TPSA) is 69.6 Å². The van der Waals surface area contributed by atoms with Crippen molar-refractivity contribution in [2.45, 2.75) is 6.92 Å². The first-order valence-electron chi connectivity index (χ1n) is 5.29. The minimum absolute atomic E-state index is 0.472. The van der Waals surface area contributed by atoms with E-state index in [1.807, 2.05) is 31.2 Å². The number of aromatic nitrogens is 4. The summed E-state index contributed by atoms with van der Waals surface area (Å²) in [4.78, 5) is 9.04. The van der Waals surface area contributed by atoms with Gasteiger partial charge in [-0.25, -0.2) is 14.6 Å². The Morgan fingerprint density at radius 3 is 2.41 bits per heavy atom. The number of anilines is 1. The fraction of sp³-hybridized carbons (Fsp3) is 0.0833. The van der Waals surface area contributed by atoms with Crippen molar-refractivity contribution in [2.24, 2.45) is 0 Å². The third kappa shape index (κ3) is 1.61. The van der Waals surface area contributed by atoms with Crippen molar-refractivity contribution in [2.75, 3.05) is 5.73 Å². The summed E-state index contributed by atoms with van der Waals surface area (Å²) < 4.78 is 1.64. The zero-order valence-corrected chi connectivity index (χ0v) is 9.33. The Hall–Kier alpha value is -2.43. The molecule has 0 saturated heterocycles. The van der Waals surface area contributed by atoms with Crippen LogP contribution in [0.2, 0.25) is 0 Å². The van der Waals surface area contributed by atoms with Gasteiger partial charge in [-0.15, -0.1) is 5.10 Å². The average Bonchev–Trinajstić information content (AvgIpc) is 2.75. The molecule has 2 N–H and O–H groups in total. The molecule has 17 heavy (non-hydrogen) atoms. The lowest BCUT2D eigenvalue weighted by molar-refractivity contribution is 0.838. The predicted octanol–water partition coefficient (Wildman–Crippen LogP) is 1.71. The third-order valence-corrected chi connectivity index (χ3v) is 2.55. The molecule has 0 unspecified atom stereocenters. The maximum Gasteiger partial charge on any atom is 0.175 e. The summed E-state index contributed by atoms with van der Waals surface area (Å²) in [7, 11) is 0. The molecule has 2 heterocycles. The highest BCUT2D eigenvalue weighted by atomic mass is 15.3. The van der Waals surface area contributed by atoms with Gasteiger partial charge in [0.1, 0.15) is 5.82 Å². The smallest absolute Gasteiger partial charge is 0.175 e. The van der Waals surface area contributed by atoms with Gasteiger partial charge in [0, 0.05) is 12.3 Å². The number of rotatable bonds is 1. The van der Waals surface area contributed by atoms with E-state index >= 15 is 0 Å². The Morgan fingerprint density at radius 2 is 1.76 bits per heavy atom. The Bertz CT molecular complexity index is 686. The molecular weight excluding hydrogens is 214 g/mol. The van der Waals surface area contributed by atoms with Crippen LogP contribution in [0.4, 0.5) is 5.82 Å². The van der Waals surface area contributed by atoms with Crippen LogP contribution in [0.1, 0.15) is 5.69 Å². The average molecular weight is 225 g/mol. The number of nitrogens with zero attached hydrogens (tertiary/aromatic N) is 4. The zero-order valence-electron chi connectivity index (χ0n) is 9.33. The number of hydrogen-bond donors (Lipinski definition) is 1. The highest BCUT2D eigenvalue weighted by Gasteiger charge is 2.07. The molecule has 84 valence electrons. The summed E-state index contributed by atoms with van der Waals surface area (Å²) >= 11 is 0. The maximum atomic E-state index is 5.60. The second-order valence-corrected chi connectivity index (χ2v) is 3.81. The molecule has 0 fully saturated rings. The number of hydrogen-bond acceptors (Lipinski definition) is 4. The van der Waals surface area contributed by atoms with Gasteiger partial charge < -0.3 is 5.73 Å². The lowest BCUT2D eigenvalue weighted by atomic mass is 10.3. The second-order valence-electron chi connectivity index (χ2n) is 3.81. The first-order valence-corrected chi connectivity index (χ1v) is 5.29.